The van der Waals surface area contributed by atoms with Crippen LogP contribution in [-0.4, -0.2) is 76.7 Å². The standard InChI is InChI=1S/C29H27F3N6O5/c1-2-43-28(41)23-16-34-38-24(6-7-33-26(23)38)18-4-3-5-21(13-18)36-27(40)19-12-20(29(30,31)32)15-22(14-19)35-25(39)17-37-8-10-42-11-9-37/h3-7,12-16H,2,8-11,17H2,1H3,(H,35,39)(H,36,40). The summed E-state index contributed by atoms with van der Waals surface area (Å²) in [5.74, 6) is -1.88. The van der Waals surface area contributed by atoms with Gasteiger partial charge in [0, 0.05) is 41.8 Å². The molecule has 2 aromatic carbocycles. The van der Waals surface area contributed by atoms with Crippen LogP contribution in [0, 0.1) is 0 Å². The summed E-state index contributed by atoms with van der Waals surface area (Å²) in [5, 5.41) is 9.35. The van der Waals surface area contributed by atoms with Crippen LogP contribution in [0.1, 0.15) is 33.2 Å². The van der Waals surface area contributed by atoms with Gasteiger partial charge in [0.15, 0.2) is 5.65 Å². The molecule has 3 heterocycles. The maximum atomic E-state index is 13.7. The molecule has 0 saturated carbocycles. The number of alkyl halides is 3. The van der Waals surface area contributed by atoms with Gasteiger partial charge in [0.25, 0.3) is 5.91 Å². The van der Waals surface area contributed by atoms with Crippen molar-refractivity contribution in [1.82, 2.24) is 19.5 Å². The lowest BCUT2D eigenvalue weighted by molar-refractivity contribution is -0.137. The summed E-state index contributed by atoms with van der Waals surface area (Å²) in [4.78, 5) is 44.0. The highest BCUT2D eigenvalue weighted by Gasteiger charge is 2.32. The Morgan fingerprint density at radius 1 is 1.02 bits per heavy atom. The van der Waals surface area contributed by atoms with Gasteiger partial charge < -0.3 is 20.1 Å². The number of halogens is 3. The molecular weight excluding hydrogens is 569 g/mol. The molecule has 2 amide bonds. The minimum Gasteiger partial charge on any atom is -0.462 e. The Morgan fingerprint density at radius 3 is 2.56 bits per heavy atom. The van der Waals surface area contributed by atoms with E-state index in [-0.39, 0.29) is 35.6 Å². The van der Waals surface area contributed by atoms with E-state index in [1.165, 1.54) is 23.0 Å². The van der Waals surface area contributed by atoms with E-state index in [1.807, 2.05) is 4.90 Å². The molecule has 2 aromatic heterocycles. The van der Waals surface area contributed by atoms with Crippen molar-refractivity contribution in [3.8, 4) is 11.3 Å². The highest BCUT2D eigenvalue weighted by atomic mass is 19.4. The van der Waals surface area contributed by atoms with Crippen LogP contribution in [0.4, 0.5) is 24.5 Å². The largest absolute Gasteiger partial charge is 0.462 e. The number of ether oxygens (including phenoxy) is 2. The lowest BCUT2D eigenvalue weighted by Crippen LogP contribution is -2.41. The van der Waals surface area contributed by atoms with Crippen LogP contribution < -0.4 is 10.6 Å². The van der Waals surface area contributed by atoms with Gasteiger partial charge in [0.2, 0.25) is 5.91 Å². The van der Waals surface area contributed by atoms with Crippen molar-refractivity contribution < 1.29 is 37.0 Å². The first-order chi connectivity index (χ1) is 20.6. The van der Waals surface area contributed by atoms with E-state index in [4.69, 9.17) is 9.47 Å². The van der Waals surface area contributed by atoms with E-state index in [2.05, 4.69) is 20.7 Å². The second-order valence-corrected chi connectivity index (χ2v) is 9.61. The monoisotopic (exact) mass is 596 g/mol. The smallest absolute Gasteiger partial charge is 0.416 e. The lowest BCUT2D eigenvalue weighted by atomic mass is 10.1. The molecule has 2 N–H and O–H groups in total. The van der Waals surface area contributed by atoms with Crippen LogP contribution in [0.3, 0.4) is 0 Å². The molecular formula is C29H27F3N6O5. The number of nitrogens with one attached hydrogen (secondary N) is 2. The molecule has 0 aliphatic carbocycles. The van der Waals surface area contributed by atoms with E-state index in [9.17, 15) is 27.6 Å². The summed E-state index contributed by atoms with van der Waals surface area (Å²) in [6, 6.07) is 10.9. The fraction of sp³-hybridized carbons (Fsp3) is 0.276. The Labute approximate surface area is 243 Å². The summed E-state index contributed by atoms with van der Waals surface area (Å²) in [7, 11) is 0. The number of hydrogen-bond donors (Lipinski definition) is 2. The number of carbonyl (C=O) groups excluding carboxylic acids is 3. The number of carbonyl (C=O) groups is 3. The number of morpholine rings is 1. The number of amides is 2. The predicted molar refractivity (Wildman–Crippen MR) is 150 cm³/mol. The summed E-state index contributed by atoms with van der Waals surface area (Å²) >= 11 is 0. The number of esters is 1. The Balaban J connectivity index is 1.38. The zero-order chi connectivity index (χ0) is 30.6. The maximum Gasteiger partial charge on any atom is 0.416 e. The normalized spacial score (nSPS) is 14.0. The molecule has 0 atom stereocenters. The molecule has 4 aromatic rings. The van der Waals surface area contributed by atoms with Crippen molar-refractivity contribution in [3.05, 3.63) is 77.6 Å². The Bertz CT molecular complexity index is 1670. The predicted octanol–water partition coefficient (Wildman–Crippen LogP) is 4.11. The van der Waals surface area contributed by atoms with E-state index in [0.29, 0.717) is 43.2 Å². The van der Waals surface area contributed by atoms with E-state index >= 15 is 0 Å². The average molecular weight is 597 g/mol. The van der Waals surface area contributed by atoms with Crippen molar-refractivity contribution in [2.45, 2.75) is 13.1 Å². The number of rotatable bonds is 8. The molecule has 14 heteroatoms. The molecule has 1 fully saturated rings. The van der Waals surface area contributed by atoms with Crippen LogP contribution in [0.5, 0.6) is 0 Å². The minimum atomic E-state index is -4.75. The van der Waals surface area contributed by atoms with Crippen LogP contribution >= 0.6 is 0 Å². The molecule has 5 rings (SSSR count). The highest BCUT2D eigenvalue weighted by molar-refractivity contribution is 6.06. The van der Waals surface area contributed by atoms with Crippen LogP contribution in [-0.2, 0) is 20.4 Å². The third-order valence-corrected chi connectivity index (χ3v) is 6.59. The number of aromatic nitrogens is 3. The van der Waals surface area contributed by atoms with Crippen molar-refractivity contribution in [2.24, 2.45) is 0 Å². The van der Waals surface area contributed by atoms with Gasteiger partial charge in [-0.15, -0.1) is 0 Å². The van der Waals surface area contributed by atoms with Gasteiger partial charge in [-0.25, -0.2) is 14.3 Å². The molecule has 1 aliphatic heterocycles. The molecule has 43 heavy (non-hydrogen) atoms. The molecule has 224 valence electrons. The maximum absolute atomic E-state index is 13.7. The van der Waals surface area contributed by atoms with E-state index in [1.54, 1.807) is 37.3 Å². The molecule has 1 saturated heterocycles. The summed E-state index contributed by atoms with van der Waals surface area (Å²) in [6.45, 7) is 3.84. The SMILES string of the molecule is CCOC(=O)c1cnn2c(-c3cccc(NC(=O)c4cc(NC(=O)CN5CCOCC5)cc(C(F)(F)F)c4)c3)ccnc12. The summed E-state index contributed by atoms with van der Waals surface area (Å²) in [6.07, 6.45) is -1.91. The fourth-order valence-electron chi connectivity index (χ4n) is 4.58. The van der Waals surface area contributed by atoms with Gasteiger partial charge in [-0.05, 0) is 43.3 Å². The second kappa shape index (κ2) is 12.6. The van der Waals surface area contributed by atoms with Crippen molar-refractivity contribution in [2.75, 3.05) is 50.1 Å². The Morgan fingerprint density at radius 2 is 1.81 bits per heavy atom. The van der Waals surface area contributed by atoms with E-state index in [0.717, 1.165) is 12.1 Å². The zero-order valence-corrected chi connectivity index (χ0v) is 23.0. The number of fused-ring (bicyclic) bond motifs is 1. The van der Waals surface area contributed by atoms with Gasteiger partial charge >= 0.3 is 12.1 Å². The van der Waals surface area contributed by atoms with Crippen LogP contribution in [0.2, 0.25) is 0 Å². The van der Waals surface area contributed by atoms with Crippen molar-refractivity contribution in [1.29, 1.82) is 0 Å². The molecule has 0 spiro atoms. The number of benzene rings is 2. The third-order valence-electron chi connectivity index (χ3n) is 6.59. The Kier molecular flexibility index (Phi) is 8.68. The zero-order valence-electron chi connectivity index (χ0n) is 23.0. The van der Waals surface area contributed by atoms with Gasteiger partial charge in [0.05, 0.1) is 43.8 Å². The number of hydrogen-bond acceptors (Lipinski definition) is 8. The topological polar surface area (TPSA) is 127 Å². The van der Waals surface area contributed by atoms with E-state index < -0.39 is 29.5 Å². The molecule has 0 radical (unpaired) electrons. The Hall–Kier alpha value is -4.82. The van der Waals surface area contributed by atoms with Crippen LogP contribution in [0.25, 0.3) is 16.9 Å². The highest BCUT2D eigenvalue weighted by Crippen LogP contribution is 2.32. The van der Waals surface area contributed by atoms with Gasteiger partial charge in [-0.1, -0.05) is 12.1 Å². The number of nitrogens with zero attached hydrogens (tertiary/aromatic N) is 4. The van der Waals surface area contributed by atoms with Gasteiger partial charge in [0.1, 0.15) is 5.56 Å². The minimum absolute atomic E-state index is 0.0201. The third kappa shape index (κ3) is 6.98. The first-order valence-corrected chi connectivity index (χ1v) is 13.4. The van der Waals surface area contributed by atoms with Crippen molar-refractivity contribution in [3.63, 3.8) is 0 Å². The number of anilines is 2. The molecule has 0 bridgehead atoms. The van der Waals surface area contributed by atoms with Gasteiger partial charge in [-0.2, -0.15) is 18.3 Å². The summed E-state index contributed by atoms with van der Waals surface area (Å²) < 4.78 is 52.9. The second-order valence-electron chi connectivity index (χ2n) is 9.61. The molecule has 1 aliphatic rings. The fourth-order valence-corrected chi connectivity index (χ4v) is 4.58. The summed E-state index contributed by atoms with van der Waals surface area (Å²) in [5.41, 5.74) is 0.362. The van der Waals surface area contributed by atoms with Crippen LogP contribution in [0.15, 0.2) is 60.9 Å². The average Bonchev–Trinajstić information content (AvgIpc) is 3.42. The van der Waals surface area contributed by atoms with Gasteiger partial charge in [-0.3, -0.25) is 14.5 Å². The molecule has 11 nitrogen and oxygen atoms in total. The van der Waals surface area contributed by atoms with Crippen molar-refractivity contribution >= 4 is 34.8 Å². The lowest BCUT2D eigenvalue weighted by Gasteiger charge is -2.25. The quantitative estimate of drug-likeness (QED) is 0.291. The molecule has 0 unspecified atom stereocenters. The first kappa shape index (κ1) is 29.7. The first-order valence-electron chi connectivity index (χ1n) is 13.4.